The Bertz CT molecular complexity index is 1000. The molecule has 3 aliphatic heterocycles. The molecule has 0 aliphatic carbocycles. The predicted octanol–water partition coefficient (Wildman–Crippen LogP) is 0.632. The Hall–Kier alpha value is -2.75. The maximum absolute atomic E-state index is 13.1. The third kappa shape index (κ3) is 4.79. The van der Waals surface area contributed by atoms with Crippen molar-refractivity contribution in [1.82, 2.24) is 15.2 Å². The number of sulfone groups is 1. The lowest BCUT2D eigenvalue weighted by Crippen LogP contribution is -2.47. The van der Waals surface area contributed by atoms with Crippen LogP contribution in [-0.4, -0.2) is 72.4 Å². The Morgan fingerprint density at radius 3 is 2.45 bits per heavy atom. The zero-order valence-electron chi connectivity index (χ0n) is 17.2. The van der Waals surface area contributed by atoms with E-state index in [-0.39, 0.29) is 41.9 Å². The second-order valence-corrected chi connectivity index (χ2v) is 10.4. The summed E-state index contributed by atoms with van der Waals surface area (Å²) in [4.78, 5) is 40.2. The van der Waals surface area contributed by atoms with Gasteiger partial charge in [0.05, 0.1) is 17.5 Å². The standard InChI is InChI=1S/C21H26N4O5S/c26-18-9-8-17(23-25(18)16-10-13-31(29,30)14-16)20(27)22-19(15-6-2-1-3-7-15)21(28)24-11-4-5-12-24/h1-3,6-7,16,19H,4-5,8-14H2,(H,22,27)/t16-,19-/m0/s1. The lowest BCUT2D eigenvalue weighted by atomic mass is 10.0. The first-order valence-electron chi connectivity index (χ1n) is 10.6. The van der Waals surface area contributed by atoms with Crippen molar-refractivity contribution in [2.75, 3.05) is 24.6 Å². The summed E-state index contributed by atoms with van der Waals surface area (Å²) in [5, 5.41) is 8.17. The van der Waals surface area contributed by atoms with Gasteiger partial charge in [-0.3, -0.25) is 14.4 Å². The van der Waals surface area contributed by atoms with Gasteiger partial charge in [-0.05, 0) is 24.8 Å². The highest BCUT2D eigenvalue weighted by Crippen LogP contribution is 2.23. The first-order chi connectivity index (χ1) is 14.8. The van der Waals surface area contributed by atoms with Crippen LogP contribution in [0.25, 0.3) is 0 Å². The molecule has 1 aromatic carbocycles. The molecule has 0 saturated carbocycles. The molecule has 31 heavy (non-hydrogen) atoms. The van der Waals surface area contributed by atoms with Crippen molar-refractivity contribution in [1.29, 1.82) is 0 Å². The number of likely N-dealkylation sites (tertiary alicyclic amines) is 1. The van der Waals surface area contributed by atoms with E-state index < -0.39 is 27.8 Å². The average Bonchev–Trinajstić information content (AvgIpc) is 3.42. The van der Waals surface area contributed by atoms with Crippen molar-refractivity contribution in [2.45, 2.75) is 44.2 Å². The monoisotopic (exact) mass is 446 g/mol. The van der Waals surface area contributed by atoms with Gasteiger partial charge in [-0.15, -0.1) is 0 Å². The number of nitrogens with zero attached hydrogens (tertiary/aromatic N) is 3. The molecule has 3 heterocycles. The number of carbonyl (C=O) groups excluding carboxylic acids is 3. The fourth-order valence-electron chi connectivity index (χ4n) is 4.26. The Morgan fingerprint density at radius 1 is 1.10 bits per heavy atom. The number of amides is 3. The smallest absolute Gasteiger partial charge is 0.268 e. The van der Waals surface area contributed by atoms with Crippen LogP contribution in [0.15, 0.2) is 35.4 Å². The molecule has 3 aliphatic rings. The Balaban J connectivity index is 1.54. The molecule has 1 N–H and O–H groups in total. The Kier molecular flexibility index (Phi) is 6.08. The predicted molar refractivity (Wildman–Crippen MR) is 114 cm³/mol. The second kappa shape index (κ2) is 8.78. The van der Waals surface area contributed by atoms with Gasteiger partial charge < -0.3 is 10.2 Å². The van der Waals surface area contributed by atoms with E-state index in [2.05, 4.69) is 10.4 Å². The first kappa shape index (κ1) is 21.5. The van der Waals surface area contributed by atoms with E-state index >= 15 is 0 Å². The largest absolute Gasteiger partial charge is 0.341 e. The highest BCUT2D eigenvalue weighted by atomic mass is 32.2. The van der Waals surface area contributed by atoms with Crippen LogP contribution in [0.3, 0.4) is 0 Å². The zero-order valence-corrected chi connectivity index (χ0v) is 18.0. The van der Waals surface area contributed by atoms with Gasteiger partial charge in [0.1, 0.15) is 11.8 Å². The summed E-state index contributed by atoms with van der Waals surface area (Å²) in [7, 11) is -3.20. The van der Waals surface area contributed by atoms with E-state index in [0.29, 0.717) is 25.1 Å². The third-order valence-corrected chi connectivity index (χ3v) is 7.70. The zero-order chi connectivity index (χ0) is 22.0. The van der Waals surface area contributed by atoms with Gasteiger partial charge in [0.2, 0.25) is 11.8 Å². The molecule has 0 unspecified atom stereocenters. The lowest BCUT2D eigenvalue weighted by molar-refractivity contribution is -0.135. The van der Waals surface area contributed by atoms with Gasteiger partial charge >= 0.3 is 0 Å². The molecule has 0 aromatic heterocycles. The van der Waals surface area contributed by atoms with Crippen LogP contribution >= 0.6 is 0 Å². The topological polar surface area (TPSA) is 116 Å². The van der Waals surface area contributed by atoms with E-state index in [1.807, 2.05) is 18.2 Å². The molecule has 0 spiro atoms. The van der Waals surface area contributed by atoms with Crippen molar-refractivity contribution in [2.24, 2.45) is 5.10 Å². The van der Waals surface area contributed by atoms with Crippen molar-refractivity contribution in [3.63, 3.8) is 0 Å². The van der Waals surface area contributed by atoms with Gasteiger partial charge in [-0.1, -0.05) is 30.3 Å². The number of rotatable bonds is 5. The molecule has 4 rings (SSSR count). The Labute approximate surface area is 181 Å². The summed E-state index contributed by atoms with van der Waals surface area (Å²) >= 11 is 0. The molecule has 3 amide bonds. The maximum Gasteiger partial charge on any atom is 0.268 e. The highest BCUT2D eigenvalue weighted by molar-refractivity contribution is 7.91. The van der Waals surface area contributed by atoms with Crippen LogP contribution in [0.1, 0.15) is 43.7 Å². The van der Waals surface area contributed by atoms with Gasteiger partial charge in [0, 0.05) is 25.9 Å². The minimum Gasteiger partial charge on any atom is -0.341 e. The summed E-state index contributed by atoms with van der Waals surface area (Å²) < 4.78 is 23.6. The molecule has 166 valence electrons. The van der Waals surface area contributed by atoms with E-state index in [4.69, 9.17) is 0 Å². The number of hydrazone groups is 1. The molecule has 10 heteroatoms. The van der Waals surface area contributed by atoms with Crippen molar-refractivity contribution >= 4 is 33.3 Å². The van der Waals surface area contributed by atoms with E-state index in [0.717, 1.165) is 17.9 Å². The number of hydrogen-bond donors (Lipinski definition) is 1. The number of hydrogen-bond acceptors (Lipinski definition) is 6. The number of benzene rings is 1. The van der Waals surface area contributed by atoms with Crippen LogP contribution in [-0.2, 0) is 24.2 Å². The minimum absolute atomic E-state index is 0.0128. The maximum atomic E-state index is 13.1. The fraction of sp³-hybridized carbons (Fsp3) is 0.524. The number of nitrogens with one attached hydrogen (secondary N) is 1. The quantitative estimate of drug-likeness (QED) is 0.712. The van der Waals surface area contributed by atoms with Crippen molar-refractivity contribution in [3.8, 4) is 0 Å². The van der Waals surface area contributed by atoms with Crippen molar-refractivity contribution in [3.05, 3.63) is 35.9 Å². The normalized spacial score (nSPS) is 24.1. The molecule has 2 fully saturated rings. The Morgan fingerprint density at radius 2 is 1.81 bits per heavy atom. The summed E-state index contributed by atoms with van der Waals surface area (Å²) in [6.45, 7) is 1.33. The van der Waals surface area contributed by atoms with Gasteiger partial charge in [-0.2, -0.15) is 5.10 Å². The second-order valence-electron chi connectivity index (χ2n) is 8.19. The van der Waals surface area contributed by atoms with Crippen LogP contribution in [0, 0.1) is 0 Å². The van der Waals surface area contributed by atoms with E-state index in [1.54, 1.807) is 17.0 Å². The summed E-state index contributed by atoms with van der Waals surface area (Å²) in [6.07, 6.45) is 2.43. The third-order valence-electron chi connectivity index (χ3n) is 5.95. The molecular weight excluding hydrogens is 420 g/mol. The van der Waals surface area contributed by atoms with Crippen LogP contribution in [0.2, 0.25) is 0 Å². The summed E-state index contributed by atoms with van der Waals surface area (Å²) in [6, 6.07) is 7.66. The molecule has 9 nitrogen and oxygen atoms in total. The van der Waals surface area contributed by atoms with Crippen molar-refractivity contribution < 1.29 is 22.8 Å². The summed E-state index contributed by atoms with van der Waals surface area (Å²) in [5.74, 6) is -1.09. The molecule has 0 bridgehead atoms. The van der Waals surface area contributed by atoms with E-state index in [1.165, 1.54) is 0 Å². The lowest BCUT2D eigenvalue weighted by Gasteiger charge is -2.29. The van der Waals surface area contributed by atoms with Gasteiger partial charge in [-0.25, -0.2) is 13.4 Å². The van der Waals surface area contributed by atoms with Gasteiger partial charge in [0.15, 0.2) is 9.84 Å². The number of carbonyl (C=O) groups is 3. The first-order valence-corrected chi connectivity index (χ1v) is 12.4. The molecule has 1 aromatic rings. The summed E-state index contributed by atoms with van der Waals surface area (Å²) in [5.41, 5.74) is 0.818. The average molecular weight is 447 g/mol. The highest BCUT2D eigenvalue weighted by Gasteiger charge is 2.38. The minimum atomic E-state index is -3.20. The van der Waals surface area contributed by atoms with E-state index in [9.17, 15) is 22.8 Å². The SMILES string of the molecule is O=C(N[C@H](C(=O)N1CCCC1)c1ccccc1)C1=NN([C@H]2CCS(=O)(=O)C2)C(=O)CC1. The molecule has 2 saturated heterocycles. The van der Waals surface area contributed by atoms with Gasteiger partial charge in [0.25, 0.3) is 5.91 Å². The molecule has 2 atom stereocenters. The fourth-order valence-corrected chi connectivity index (χ4v) is 5.95. The van der Waals surface area contributed by atoms with Crippen LogP contribution in [0.4, 0.5) is 0 Å². The van der Waals surface area contributed by atoms with Crippen LogP contribution < -0.4 is 5.32 Å². The van der Waals surface area contributed by atoms with Crippen LogP contribution in [0.5, 0.6) is 0 Å². The molecule has 0 radical (unpaired) electrons. The molecular formula is C21H26N4O5S.